The minimum Gasteiger partial charge on any atom is -0.395 e. The van der Waals surface area contributed by atoms with Crippen LogP contribution in [0.5, 0.6) is 0 Å². The van der Waals surface area contributed by atoms with E-state index < -0.39 is 0 Å². The van der Waals surface area contributed by atoms with Gasteiger partial charge in [-0.05, 0) is 31.0 Å². The van der Waals surface area contributed by atoms with Crippen LogP contribution in [-0.4, -0.2) is 47.3 Å². The molecule has 0 heterocycles. The van der Waals surface area contributed by atoms with E-state index in [2.05, 4.69) is 18.8 Å². The Kier molecular flexibility index (Phi) is 7.52. The Morgan fingerprint density at radius 3 is 2.67 bits per heavy atom. The van der Waals surface area contributed by atoms with Gasteiger partial charge < -0.3 is 15.1 Å². The molecule has 21 heavy (non-hydrogen) atoms. The molecule has 1 amide bonds. The zero-order valence-electron chi connectivity index (χ0n) is 12.7. The minimum atomic E-state index is -0.204. The smallest absolute Gasteiger partial charge is 0.254 e. The molecule has 114 valence electrons. The first-order chi connectivity index (χ1) is 10.1. The minimum absolute atomic E-state index is 0.0431. The highest BCUT2D eigenvalue weighted by molar-refractivity contribution is 5.96. The van der Waals surface area contributed by atoms with E-state index in [0.29, 0.717) is 24.2 Å². The Labute approximate surface area is 126 Å². The summed E-state index contributed by atoms with van der Waals surface area (Å²) in [7, 11) is 0. The molecule has 0 radical (unpaired) electrons. The first kappa shape index (κ1) is 17.2. The summed E-state index contributed by atoms with van der Waals surface area (Å²) in [5, 5.41) is 17.9. The number of nitrogens with zero attached hydrogens (tertiary/aromatic N) is 1. The van der Waals surface area contributed by atoms with Gasteiger partial charge in [0.05, 0.1) is 6.61 Å². The van der Waals surface area contributed by atoms with E-state index >= 15 is 0 Å². The highest BCUT2D eigenvalue weighted by Gasteiger charge is 2.17. The standard InChI is InChI=1S/C17H23NO3/c1-3-4-9-18(10-12-20)17(21)16-13-15(6-5-11-19)8-7-14(16)2/h7-8,13,19-20H,3-4,9-12H2,1-2H3. The van der Waals surface area contributed by atoms with Crippen LogP contribution in [-0.2, 0) is 0 Å². The fraction of sp³-hybridized carbons (Fsp3) is 0.471. The SMILES string of the molecule is CCCCN(CCO)C(=O)c1cc(C#CCO)ccc1C. The molecule has 0 aliphatic rings. The molecule has 4 heteroatoms. The van der Waals surface area contributed by atoms with Gasteiger partial charge in [-0.15, -0.1) is 0 Å². The Balaban J connectivity index is 3.02. The van der Waals surface area contributed by atoms with Crippen molar-refractivity contribution in [1.82, 2.24) is 4.90 Å². The fourth-order valence-corrected chi connectivity index (χ4v) is 2.03. The van der Waals surface area contributed by atoms with Gasteiger partial charge in [0.1, 0.15) is 6.61 Å². The van der Waals surface area contributed by atoms with Crippen molar-refractivity contribution < 1.29 is 15.0 Å². The lowest BCUT2D eigenvalue weighted by atomic mass is 10.0. The lowest BCUT2D eigenvalue weighted by molar-refractivity contribution is 0.0718. The number of amides is 1. The summed E-state index contributed by atoms with van der Waals surface area (Å²) >= 11 is 0. The highest BCUT2D eigenvalue weighted by atomic mass is 16.3. The molecule has 0 unspecified atom stereocenters. The van der Waals surface area contributed by atoms with Crippen LogP contribution in [0.15, 0.2) is 18.2 Å². The van der Waals surface area contributed by atoms with Crippen molar-refractivity contribution in [1.29, 1.82) is 0 Å². The zero-order chi connectivity index (χ0) is 15.7. The molecule has 0 atom stereocenters. The van der Waals surface area contributed by atoms with Crippen molar-refractivity contribution in [3.8, 4) is 11.8 Å². The molecule has 0 fully saturated rings. The van der Waals surface area contributed by atoms with Gasteiger partial charge in [0, 0.05) is 24.2 Å². The summed E-state index contributed by atoms with van der Waals surface area (Å²) in [5.41, 5.74) is 2.19. The molecule has 1 aromatic rings. The van der Waals surface area contributed by atoms with Crippen LogP contribution in [0.3, 0.4) is 0 Å². The molecule has 0 aliphatic heterocycles. The second kappa shape index (κ2) is 9.17. The first-order valence-corrected chi connectivity index (χ1v) is 7.24. The van der Waals surface area contributed by atoms with Gasteiger partial charge in [0.25, 0.3) is 5.91 Å². The number of aliphatic hydroxyl groups is 2. The van der Waals surface area contributed by atoms with Gasteiger partial charge in [0.2, 0.25) is 0 Å². The number of aryl methyl sites for hydroxylation is 1. The van der Waals surface area contributed by atoms with E-state index in [1.165, 1.54) is 0 Å². The molecule has 0 bridgehead atoms. The van der Waals surface area contributed by atoms with Crippen molar-refractivity contribution >= 4 is 5.91 Å². The van der Waals surface area contributed by atoms with Crippen LogP contribution in [0, 0.1) is 18.8 Å². The number of carbonyl (C=O) groups excluding carboxylic acids is 1. The van der Waals surface area contributed by atoms with Crippen LogP contribution in [0.25, 0.3) is 0 Å². The van der Waals surface area contributed by atoms with E-state index in [4.69, 9.17) is 10.2 Å². The topological polar surface area (TPSA) is 60.8 Å². The summed E-state index contributed by atoms with van der Waals surface area (Å²) in [4.78, 5) is 14.3. The van der Waals surface area contributed by atoms with Gasteiger partial charge in [-0.3, -0.25) is 4.79 Å². The van der Waals surface area contributed by atoms with Gasteiger partial charge in [-0.25, -0.2) is 0 Å². The second-order valence-corrected chi connectivity index (χ2v) is 4.86. The second-order valence-electron chi connectivity index (χ2n) is 4.86. The summed E-state index contributed by atoms with van der Waals surface area (Å²) in [6, 6.07) is 5.43. The Hall–Kier alpha value is -1.83. The summed E-state index contributed by atoms with van der Waals surface area (Å²) in [5.74, 6) is 5.31. The van der Waals surface area contributed by atoms with E-state index in [0.717, 1.165) is 18.4 Å². The Morgan fingerprint density at radius 2 is 2.05 bits per heavy atom. The van der Waals surface area contributed by atoms with Crippen molar-refractivity contribution in [2.75, 3.05) is 26.3 Å². The summed E-state index contributed by atoms with van der Waals surface area (Å²) < 4.78 is 0. The third-order valence-corrected chi connectivity index (χ3v) is 3.22. The normalized spacial score (nSPS) is 9.90. The predicted molar refractivity (Wildman–Crippen MR) is 83.0 cm³/mol. The number of hydrogen-bond acceptors (Lipinski definition) is 3. The van der Waals surface area contributed by atoms with Crippen LogP contribution in [0.4, 0.5) is 0 Å². The van der Waals surface area contributed by atoms with Crippen LogP contribution < -0.4 is 0 Å². The number of rotatable bonds is 6. The molecule has 0 saturated heterocycles. The third-order valence-electron chi connectivity index (χ3n) is 3.22. The molecule has 0 aliphatic carbocycles. The lowest BCUT2D eigenvalue weighted by Crippen LogP contribution is -2.34. The molecule has 1 rings (SSSR count). The van der Waals surface area contributed by atoms with Crippen LogP contribution >= 0.6 is 0 Å². The quantitative estimate of drug-likeness (QED) is 0.782. The van der Waals surface area contributed by atoms with E-state index in [-0.39, 0.29) is 19.1 Å². The van der Waals surface area contributed by atoms with Gasteiger partial charge in [-0.1, -0.05) is 31.3 Å². The van der Waals surface area contributed by atoms with E-state index in [9.17, 15) is 4.79 Å². The van der Waals surface area contributed by atoms with Crippen molar-refractivity contribution in [3.63, 3.8) is 0 Å². The van der Waals surface area contributed by atoms with E-state index in [1.54, 1.807) is 11.0 Å². The van der Waals surface area contributed by atoms with E-state index in [1.807, 2.05) is 19.1 Å². The Morgan fingerprint density at radius 1 is 1.29 bits per heavy atom. The molecule has 0 aromatic heterocycles. The van der Waals surface area contributed by atoms with Crippen LogP contribution in [0.2, 0.25) is 0 Å². The highest BCUT2D eigenvalue weighted by Crippen LogP contribution is 2.14. The zero-order valence-corrected chi connectivity index (χ0v) is 12.7. The monoisotopic (exact) mass is 289 g/mol. The third kappa shape index (κ3) is 5.22. The van der Waals surface area contributed by atoms with Crippen molar-refractivity contribution in [3.05, 3.63) is 34.9 Å². The molecular formula is C17H23NO3. The maximum atomic E-state index is 12.6. The molecular weight excluding hydrogens is 266 g/mol. The summed E-state index contributed by atoms with van der Waals surface area (Å²) in [6.45, 7) is 4.68. The largest absolute Gasteiger partial charge is 0.395 e. The maximum Gasteiger partial charge on any atom is 0.254 e. The molecule has 0 spiro atoms. The lowest BCUT2D eigenvalue weighted by Gasteiger charge is -2.22. The van der Waals surface area contributed by atoms with Gasteiger partial charge in [-0.2, -0.15) is 0 Å². The molecule has 0 saturated carbocycles. The predicted octanol–water partition coefficient (Wildman–Crippen LogP) is 1.57. The number of aliphatic hydroxyl groups excluding tert-OH is 2. The van der Waals surface area contributed by atoms with Gasteiger partial charge >= 0.3 is 0 Å². The summed E-state index contributed by atoms with van der Waals surface area (Å²) in [6.07, 6.45) is 1.91. The average Bonchev–Trinajstić information content (AvgIpc) is 2.50. The maximum absolute atomic E-state index is 12.6. The van der Waals surface area contributed by atoms with Crippen molar-refractivity contribution in [2.45, 2.75) is 26.7 Å². The fourth-order valence-electron chi connectivity index (χ4n) is 2.03. The number of carbonyl (C=O) groups is 1. The molecule has 2 N–H and O–H groups in total. The van der Waals surface area contributed by atoms with Crippen LogP contribution in [0.1, 0.15) is 41.3 Å². The number of hydrogen-bond donors (Lipinski definition) is 2. The average molecular weight is 289 g/mol. The number of benzene rings is 1. The van der Waals surface area contributed by atoms with Crippen molar-refractivity contribution in [2.24, 2.45) is 0 Å². The Bertz CT molecular complexity index is 529. The molecule has 4 nitrogen and oxygen atoms in total. The first-order valence-electron chi connectivity index (χ1n) is 7.24. The molecule has 1 aromatic carbocycles. The van der Waals surface area contributed by atoms with Gasteiger partial charge in [0.15, 0.2) is 0 Å². The number of unbranched alkanes of at least 4 members (excludes halogenated alkanes) is 1.